The van der Waals surface area contributed by atoms with Gasteiger partial charge in [-0.1, -0.05) is 40.7 Å². The molecule has 122 valence electrons. The highest BCUT2D eigenvalue weighted by molar-refractivity contribution is 5.82. The van der Waals surface area contributed by atoms with Crippen molar-refractivity contribution in [2.24, 2.45) is 17.3 Å². The summed E-state index contributed by atoms with van der Waals surface area (Å²) in [6.07, 6.45) is 3.96. The highest BCUT2D eigenvalue weighted by atomic mass is 16.5. The van der Waals surface area contributed by atoms with Crippen LogP contribution in [-0.4, -0.2) is 38.5 Å². The average Bonchev–Trinajstić information content (AvgIpc) is 2.39. The molecular weight excluding hydrogens is 268 g/mol. The molecule has 1 aliphatic heterocycles. The number of ether oxygens (including phenoxy) is 3. The molecular formula is C17H30O4. The Kier molecular flexibility index (Phi) is 6.41. The summed E-state index contributed by atoms with van der Waals surface area (Å²) in [5.74, 6) is 0.320. The van der Waals surface area contributed by atoms with Crippen LogP contribution in [0, 0.1) is 17.3 Å². The van der Waals surface area contributed by atoms with Crippen molar-refractivity contribution in [2.75, 3.05) is 14.2 Å². The van der Waals surface area contributed by atoms with E-state index in [9.17, 15) is 4.79 Å². The summed E-state index contributed by atoms with van der Waals surface area (Å²) in [5, 5.41) is 0. The highest BCUT2D eigenvalue weighted by Crippen LogP contribution is 2.39. The molecule has 0 fully saturated rings. The van der Waals surface area contributed by atoms with Crippen molar-refractivity contribution in [3.8, 4) is 0 Å². The van der Waals surface area contributed by atoms with E-state index in [2.05, 4.69) is 34.6 Å². The average molecular weight is 298 g/mol. The second-order valence-corrected chi connectivity index (χ2v) is 6.84. The molecule has 0 amide bonds. The Balaban J connectivity index is 2.95. The molecule has 1 rings (SSSR count). The van der Waals surface area contributed by atoms with E-state index in [-0.39, 0.29) is 35.6 Å². The van der Waals surface area contributed by atoms with Gasteiger partial charge >= 0.3 is 5.97 Å². The van der Waals surface area contributed by atoms with Crippen molar-refractivity contribution >= 4 is 5.97 Å². The molecule has 0 radical (unpaired) electrons. The minimum atomic E-state index is -0.291. The summed E-state index contributed by atoms with van der Waals surface area (Å²) in [6, 6.07) is 0. The van der Waals surface area contributed by atoms with Crippen LogP contribution >= 0.6 is 0 Å². The zero-order chi connectivity index (χ0) is 16.2. The van der Waals surface area contributed by atoms with Crippen LogP contribution in [0.3, 0.4) is 0 Å². The lowest BCUT2D eigenvalue weighted by Gasteiger charge is -2.44. The van der Waals surface area contributed by atoms with Crippen LogP contribution in [0.4, 0.5) is 0 Å². The van der Waals surface area contributed by atoms with Gasteiger partial charge < -0.3 is 14.2 Å². The topological polar surface area (TPSA) is 44.8 Å². The summed E-state index contributed by atoms with van der Waals surface area (Å²) in [4.78, 5) is 11.5. The molecule has 1 aliphatic rings. The van der Waals surface area contributed by atoms with Gasteiger partial charge in [-0.25, -0.2) is 4.79 Å². The van der Waals surface area contributed by atoms with E-state index in [1.54, 1.807) is 14.2 Å². The quantitative estimate of drug-likeness (QED) is 0.677. The van der Waals surface area contributed by atoms with Crippen LogP contribution in [0.15, 0.2) is 12.2 Å². The fourth-order valence-electron chi connectivity index (χ4n) is 3.62. The molecule has 4 nitrogen and oxygen atoms in total. The van der Waals surface area contributed by atoms with E-state index < -0.39 is 0 Å². The normalized spacial score (nSPS) is 23.8. The summed E-state index contributed by atoms with van der Waals surface area (Å²) in [5.41, 5.74) is -0.291. The van der Waals surface area contributed by atoms with E-state index in [4.69, 9.17) is 14.2 Å². The molecule has 21 heavy (non-hydrogen) atoms. The lowest BCUT2D eigenvalue weighted by molar-refractivity contribution is -0.166. The van der Waals surface area contributed by atoms with Crippen molar-refractivity contribution in [1.82, 2.24) is 0 Å². The Labute approximate surface area is 128 Å². The van der Waals surface area contributed by atoms with Crippen LogP contribution in [-0.2, 0) is 19.0 Å². The van der Waals surface area contributed by atoms with Gasteiger partial charge in [0.25, 0.3) is 0 Å². The Hall–Kier alpha value is -0.870. The minimum Gasteiger partial charge on any atom is -0.458 e. The number of hydrogen-bond donors (Lipinski definition) is 0. The molecule has 0 aliphatic carbocycles. The van der Waals surface area contributed by atoms with Gasteiger partial charge in [0.15, 0.2) is 0 Å². The van der Waals surface area contributed by atoms with Gasteiger partial charge in [-0.3, -0.25) is 0 Å². The van der Waals surface area contributed by atoms with Gasteiger partial charge in [0, 0.05) is 38.0 Å². The number of esters is 1. The first kappa shape index (κ1) is 18.2. The SMILES string of the molecule is CO[C@@H](C(C)C)[C@@H](C)[C@H](OC)C(C)(C)[C@@H]1CC=CC(=O)O1. The smallest absolute Gasteiger partial charge is 0.330 e. The highest BCUT2D eigenvalue weighted by Gasteiger charge is 2.45. The van der Waals surface area contributed by atoms with Crippen LogP contribution in [0.1, 0.15) is 41.0 Å². The maximum absolute atomic E-state index is 11.5. The molecule has 0 aromatic carbocycles. The summed E-state index contributed by atoms with van der Waals surface area (Å²) >= 11 is 0. The van der Waals surface area contributed by atoms with Crippen LogP contribution < -0.4 is 0 Å². The number of hydrogen-bond acceptors (Lipinski definition) is 4. The van der Waals surface area contributed by atoms with Gasteiger partial charge in [-0.2, -0.15) is 0 Å². The molecule has 0 aromatic rings. The van der Waals surface area contributed by atoms with Crippen molar-refractivity contribution in [1.29, 1.82) is 0 Å². The third-order valence-corrected chi connectivity index (χ3v) is 4.60. The number of carbonyl (C=O) groups is 1. The molecule has 0 N–H and O–H groups in total. The van der Waals surface area contributed by atoms with E-state index in [1.807, 2.05) is 6.08 Å². The first-order valence-corrected chi connectivity index (χ1v) is 7.68. The van der Waals surface area contributed by atoms with Crippen molar-refractivity contribution in [3.63, 3.8) is 0 Å². The maximum Gasteiger partial charge on any atom is 0.330 e. The van der Waals surface area contributed by atoms with E-state index in [0.29, 0.717) is 5.92 Å². The molecule has 0 spiro atoms. The lowest BCUT2D eigenvalue weighted by Crippen LogP contribution is -2.50. The largest absolute Gasteiger partial charge is 0.458 e. The van der Waals surface area contributed by atoms with Gasteiger partial charge in [0.1, 0.15) is 6.10 Å². The summed E-state index contributed by atoms with van der Waals surface area (Å²) in [7, 11) is 3.46. The Bertz CT molecular complexity index is 373. The first-order chi connectivity index (χ1) is 9.75. The lowest BCUT2D eigenvalue weighted by atomic mass is 9.71. The number of cyclic esters (lactones) is 1. The molecule has 0 aromatic heterocycles. The summed E-state index contributed by atoms with van der Waals surface area (Å²) < 4.78 is 17.0. The zero-order valence-electron chi connectivity index (χ0n) is 14.4. The Morgan fingerprint density at radius 2 is 1.86 bits per heavy atom. The predicted octanol–water partition coefficient (Wildman–Crippen LogP) is 3.21. The van der Waals surface area contributed by atoms with E-state index >= 15 is 0 Å². The Morgan fingerprint density at radius 1 is 1.24 bits per heavy atom. The second kappa shape index (κ2) is 7.41. The maximum atomic E-state index is 11.5. The molecule has 0 saturated heterocycles. The third kappa shape index (κ3) is 4.07. The molecule has 0 bridgehead atoms. The number of carbonyl (C=O) groups excluding carboxylic acids is 1. The number of methoxy groups -OCH3 is 2. The summed E-state index contributed by atoms with van der Waals surface area (Å²) in [6.45, 7) is 10.6. The van der Waals surface area contributed by atoms with Gasteiger partial charge in [0.2, 0.25) is 0 Å². The monoisotopic (exact) mass is 298 g/mol. The molecule has 1 heterocycles. The third-order valence-electron chi connectivity index (χ3n) is 4.60. The standard InChI is InChI=1S/C17H30O4/c1-11(2)15(19-6)12(3)16(20-7)17(4,5)13-9-8-10-14(18)21-13/h8,10-13,15-16H,9H2,1-7H3/t12-,13+,15+,16+/m1/s1. The van der Waals surface area contributed by atoms with Crippen LogP contribution in [0.25, 0.3) is 0 Å². The molecule has 0 saturated carbocycles. The first-order valence-electron chi connectivity index (χ1n) is 7.68. The molecule has 4 heteroatoms. The van der Waals surface area contributed by atoms with Gasteiger partial charge in [-0.15, -0.1) is 0 Å². The second-order valence-electron chi connectivity index (χ2n) is 6.84. The van der Waals surface area contributed by atoms with Crippen molar-refractivity contribution in [2.45, 2.75) is 59.4 Å². The van der Waals surface area contributed by atoms with Gasteiger partial charge in [0.05, 0.1) is 12.2 Å². The van der Waals surface area contributed by atoms with Crippen LogP contribution in [0.2, 0.25) is 0 Å². The fraction of sp³-hybridized carbons (Fsp3) is 0.824. The molecule has 0 unspecified atom stereocenters. The van der Waals surface area contributed by atoms with E-state index in [0.717, 1.165) is 6.42 Å². The minimum absolute atomic E-state index is 0.0610. The zero-order valence-corrected chi connectivity index (χ0v) is 14.4. The Morgan fingerprint density at radius 3 is 2.29 bits per heavy atom. The van der Waals surface area contributed by atoms with Gasteiger partial charge in [-0.05, 0) is 5.92 Å². The van der Waals surface area contributed by atoms with Crippen molar-refractivity contribution < 1.29 is 19.0 Å². The van der Waals surface area contributed by atoms with Crippen molar-refractivity contribution in [3.05, 3.63) is 12.2 Å². The van der Waals surface area contributed by atoms with Crippen LogP contribution in [0.5, 0.6) is 0 Å². The fourth-order valence-corrected chi connectivity index (χ4v) is 3.62. The van der Waals surface area contributed by atoms with E-state index in [1.165, 1.54) is 6.08 Å². The predicted molar refractivity (Wildman–Crippen MR) is 83.0 cm³/mol. The number of rotatable bonds is 7. The molecule has 4 atom stereocenters.